The molecule has 5 rings (SSSR count). The Kier molecular flexibility index (Phi) is 5.05. The van der Waals surface area contributed by atoms with Gasteiger partial charge in [0.1, 0.15) is 11.6 Å². The highest BCUT2D eigenvalue weighted by Gasteiger charge is 2.59. The van der Waals surface area contributed by atoms with Gasteiger partial charge in [0.15, 0.2) is 6.61 Å². The van der Waals surface area contributed by atoms with E-state index in [1.54, 1.807) is 24.3 Å². The van der Waals surface area contributed by atoms with Gasteiger partial charge < -0.3 is 10.1 Å². The Morgan fingerprint density at radius 2 is 1.72 bits per heavy atom. The summed E-state index contributed by atoms with van der Waals surface area (Å²) >= 11 is 0. The molecule has 32 heavy (non-hydrogen) atoms. The minimum atomic E-state index is -0.413. The maximum absolute atomic E-state index is 13.0. The van der Waals surface area contributed by atoms with Crippen molar-refractivity contribution in [3.63, 3.8) is 0 Å². The first kappa shape index (κ1) is 20.1. The molecule has 2 aromatic rings. The van der Waals surface area contributed by atoms with E-state index in [-0.39, 0.29) is 42.1 Å². The van der Waals surface area contributed by atoms with E-state index in [0.717, 1.165) is 11.4 Å². The lowest BCUT2D eigenvalue weighted by Crippen LogP contribution is -2.28. The molecule has 7 nitrogen and oxygen atoms in total. The first-order valence-corrected chi connectivity index (χ1v) is 10.4. The summed E-state index contributed by atoms with van der Waals surface area (Å²) in [5.41, 5.74) is 0.982. The van der Waals surface area contributed by atoms with E-state index in [1.165, 1.54) is 30.5 Å². The molecule has 1 saturated heterocycles. The van der Waals surface area contributed by atoms with Crippen molar-refractivity contribution in [3.05, 3.63) is 72.1 Å². The number of ether oxygens (including phenoxy) is 1. The number of benzene rings is 2. The van der Waals surface area contributed by atoms with Crippen LogP contribution in [0.25, 0.3) is 0 Å². The molecule has 2 aliphatic carbocycles. The van der Waals surface area contributed by atoms with Gasteiger partial charge in [-0.25, -0.2) is 4.39 Å². The van der Waals surface area contributed by atoms with Gasteiger partial charge in [-0.15, -0.1) is 0 Å². The van der Waals surface area contributed by atoms with Gasteiger partial charge >= 0.3 is 0 Å². The van der Waals surface area contributed by atoms with Crippen LogP contribution in [0.1, 0.15) is 12.0 Å². The molecule has 0 spiro atoms. The minimum Gasteiger partial charge on any atom is -0.483 e. The quantitative estimate of drug-likeness (QED) is 0.431. The van der Waals surface area contributed by atoms with E-state index in [0.29, 0.717) is 17.0 Å². The summed E-state index contributed by atoms with van der Waals surface area (Å²) in [4.78, 5) is 37.7. The number of hydrogen-bond acceptors (Lipinski definition) is 5. The molecule has 4 atom stereocenters. The number of nitrogens with one attached hydrogen (secondary N) is 1. The number of hydrogen-bond donors (Lipinski definition) is 1. The third-order valence-electron chi connectivity index (χ3n) is 6.17. The zero-order chi connectivity index (χ0) is 22.2. The summed E-state index contributed by atoms with van der Waals surface area (Å²) in [6.45, 7) is -0.275. The molecule has 3 aliphatic rings. The first-order valence-electron chi connectivity index (χ1n) is 10.4. The van der Waals surface area contributed by atoms with Crippen molar-refractivity contribution in [2.24, 2.45) is 28.8 Å². The highest BCUT2D eigenvalue weighted by molar-refractivity contribution is 6.07. The number of amides is 3. The third kappa shape index (κ3) is 3.57. The van der Waals surface area contributed by atoms with Gasteiger partial charge in [-0.3, -0.25) is 14.4 Å². The Bertz CT molecular complexity index is 1110. The number of nitrogens with zero attached hydrogens (tertiary/aromatic N) is 2. The van der Waals surface area contributed by atoms with Crippen LogP contribution in [0.2, 0.25) is 0 Å². The minimum absolute atomic E-state index is 0.122. The van der Waals surface area contributed by atoms with Crippen LogP contribution >= 0.6 is 0 Å². The number of anilines is 1. The molecule has 2 bridgehead atoms. The molecule has 0 aromatic heterocycles. The summed E-state index contributed by atoms with van der Waals surface area (Å²) < 4.78 is 18.6. The van der Waals surface area contributed by atoms with Crippen LogP contribution in [0.4, 0.5) is 10.1 Å². The molecule has 0 radical (unpaired) electrons. The van der Waals surface area contributed by atoms with Crippen LogP contribution in [-0.2, 0) is 14.4 Å². The third-order valence-corrected chi connectivity index (χ3v) is 6.17. The number of carbonyl (C=O) groups is 3. The molecule has 2 aromatic carbocycles. The molecule has 1 N–H and O–H groups in total. The molecule has 4 unspecified atom stereocenters. The molecule has 2 fully saturated rings. The van der Waals surface area contributed by atoms with Gasteiger partial charge in [0.2, 0.25) is 0 Å². The Labute approximate surface area is 183 Å². The van der Waals surface area contributed by atoms with Crippen molar-refractivity contribution in [3.8, 4) is 5.75 Å². The smallest absolute Gasteiger partial charge is 0.262 e. The van der Waals surface area contributed by atoms with Crippen molar-refractivity contribution in [2.75, 3.05) is 11.9 Å². The van der Waals surface area contributed by atoms with Crippen molar-refractivity contribution < 1.29 is 23.5 Å². The molecular weight excluding hydrogens is 413 g/mol. The van der Waals surface area contributed by atoms with Crippen LogP contribution in [0.15, 0.2) is 65.8 Å². The zero-order valence-corrected chi connectivity index (χ0v) is 17.0. The summed E-state index contributed by atoms with van der Waals surface area (Å²) in [5, 5.41) is 7.75. The van der Waals surface area contributed by atoms with E-state index in [9.17, 15) is 18.8 Å². The fourth-order valence-corrected chi connectivity index (χ4v) is 4.71. The first-order chi connectivity index (χ1) is 15.5. The zero-order valence-electron chi connectivity index (χ0n) is 17.0. The Morgan fingerprint density at radius 3 is 2.41 bits per heavy atom. The predicted molar refractivity (Wildman–Crippen MR) is 114 cm³/mol. The number of allylic oxidation sites excluding steroid dienone is 2. The summed E-state index contributed by atoms with van der Waals surface area (Å²) in [7, 11) is 0. The van der Waals surface area contributed by atoms with Gasteiger partial charge in [-0.05, 0) is 54.7 Å². The fourth-order valence-electron chi connectivity index (χ4n) is 4.71. The number of imide groups is 1. The highest BCUT2D eigenvalue weighted by atomic mass is 19.1. The van der Waals surface area contributed by atoms with Crippen LogP contribution in [0, 0.1) is 29.5 Å². The molecule has 1 aliphatic heterocycles. The van der Waals surface area contributed by atoms with Crippen LogP contribution < -0.4 is 10.1 Å². The lowest BCUT2D eigenvalue weighted by Gasteiger charge is -2.13. The molecule has 162 valence electrons. The van der Waals surface area contributed by atoms with E-state index < -0.39 is 11.7 Å². The second kappa shape index (κ2) is 8.03. The van der Waals surface area contributed by atoms with Gasteiger partial charge in [0, 0.05) is 11.3 Å². The SMILES string of the molecule is O=C(COc1ccccc1C=NN1C(=O)C2C3C=CC(C3)C2C1=O)Nc1ccc(F)cc1. The van der Waals surface area contributed by atoms with Crippen molar-refractivity contribution in [2.45, 2.75) is 6.42 Å². The number of hydrazone groups is 1. The average molecular weight is 433 g/mol. The van der Waals surface area contributed by atoms with E-state index in [1.807, 2.05) is 12.2 Å². The van der Waals surface area contributed by atoms with Gasteiger partial charge in [0.25, 0.3) is 17.7 Å². The van der Waals surface area contributed by atoms with Crippen LogP contribution in [0.5, 0.6) is 5.75 Å². The van der Waals surface area contributed by atoms with E-state index >= 15 is 0 Å². The Balaban J connectivity index is 1.24. The Morgan fingerprint density at radius 1 is 1.06 bits per heavy atom. The lowest BCUT2D eigenvalue weighted by molar-refractivity contribution is -0.140. The topological polar surface area (TPSA) is 88.1 Å². The molecule has 8 heteroatoms. The van der Waals surface area contributed by atoms with E-state index in [4.69, 9.17) is 4.74 Å². The molecule has 3 amide bonds. The second-order valence-corrected chi connectivity index (χ2v) is 8.11. The average Bonchev–Trinajstić information content (AvgIpc) is 3.47. The fraction of sp³-hybridized carbons (Fsp3) is 0.250. The number of fused-ring (bicyclic) bond motifs is 5. The van der Waals surface area contributed by atoms with Crippen molar-refractivity contribution in [1.29, 1.82) is 0 Å². The summed E-state index contributed by atoms with van der Waals surface area (Å²) in [5.74, 6) is -1.32. The number of carbonyl (C=O) groups excluding carboxylic acids is 3. The van der Waals surface area contributed by atoms with E-state index in [2.05, 4.69) is 10.4 Å². The summed E-state index contributed by atoms with van der Waals surface area (Å²) in [6.07, 6.45) is 6.33. The molecular formula is C24H20FN3O4. The number of rotatable bonds is 6. The maximum Gasteiger partial charge on any atom is 0.262 e. The maximum atomic E-state index is 13.0. The van der Waals surface area contributed by atoms with Gasteiger partial charge in [-0.1, -0.05) is 24.3 Å². The molecule has 1 heterocycles. The van der Waals surface area contributed by atoms with Crippen LogP contribution in [0.3, 0.4) is 0 Å². The Hall–Kier alpha value is -3.81. The van der Waals surface area contributed by atoms with Crippen LogP contribution in [-0.4, -0.2) is 35.6 Å². The second-order valence-electron chi connectivity index (χ2n) is 8.11. The predicted octanol–water partition coefficient (Wildman–Crippen LogP) is 2.98. The summed E-state index contributed by atoms with van der Waals surface area (Å²) in [6, 6.07) is 12.3. The van der Waals surface area contributed by atoms with Crippen molar-refractivity contribution >= 4 is 29.6 Å². The highest BCUT2D eigenvalue weighted by Crippen LogP contribution is 2.52. The van der Waals surface area contributed by atoms with Gasteiger partial charge in [-0.2, -0.15) is 10.1 Å². The number of halogens is 1. The lowest BCUT2D eigenvalue weighted by atomic mass is 9.85. The molecule has 1 saturated carbocycles. The van der Waals surface area contributed by atoms with Crippen molar-refractivity contribution in [1.82, 2.24) is 5.01 Å². The largest absolute Gasteiger partial charge is 0.483 e. The normalized spacial score (nSPS) is 25.6. The number of para-hydroxylation sites is 1. The monoisotopic (exact) mass is 433 g/mol. The standard InChI is InChI=1S/C24H20FN3O4/c25-17-7-9-18(10-8-17)27-20(29)13-32-19-4-2-1-3-16(19)12-26-28-23(30)21-14-5-6-15(11-14)22(21)24(28)31/h1-10,12,14-15,21-22H,11,13H2,(H,27,29). The van der Waals surface area contributed by atoms with Gasteiger partial charge in [0.05, 0.1) is 18.1 Å².